The second-order valence-electron chi connectivity index (χ2n) is 2.64. The summed E-state index contributed by atoms with van der Waals surface area (Å²) in [6.45, 7) is 10.0. The highest BCUT2D eigenvalue weighted by Gasteiger charge is 1.79. The van der Waals surface area contributed by atoms with E-state index in [-0.39, 0.29) is 0 Å². The van der Waals surface area contributed by atoms with E-state index < -0.39 is 0 Å². The molecule has 0 saturated heterocycles. The van der Waals surface area contributed by atoms with Gasteiger partial charge in [0.15, 0.2) is 0 Å². The van der Waals surface area contributed by atoms with E-state index in [0.717, 1.165) is 5.57 Å². The van der Waals surface area contributed by atoms with Crippen LogP contribution in [0, 0.1) is 12.8 Å². The highest BCUT2D eigenvalue weighted by Crippen LogP contribution is 1.95. The van der Waals surface area contributed by atoms with Crippen LogP contribution in [0.25, 0.3) is 0 Å². The monoisotopic (exact) mass is 123 g/mol. The Balaban J connectivity index is 3.60. The summed E-state index contributed by atoms with van der Waals surface area (Å²) >= 11 is 0. The minimum atomic E-state index is 0.639. The average molecular weight is 123 g/mol. The Bertz CT molecular complexity index is 112. The van der Waals surface area contributed by atoms with Gasteiger partial charge in [0.25, 0.3) is 0 Å². The van der Waals surface area contributed by atoms with Crippen LogP contribution in [0.15, 0.2) is 23.8 Å². The summed E-state index contributed by atoms with van der Waals surface area (Å²) in [5.41, 5.74) is 1.10. The van der Waals surface area contributed by atoms with E-state index in [0.29, 0.717) is 5.92 Å². The maximum Gasteiger partial charge on any atom is -0.0283 e. The van der Waals surface area contributed by atoms with Crippen LogP contribution in [0.4, 0.5) is 0 Å². The normalized spacial score (nSPS) is 13.7. The second-order valence-corrected chi connectivity index (χ2v) is 2.64. The SMILES string of the molecule is [CH2]/C(C)=C/C=C/C(C)C. The first-order valence-electron chi connectivity index (χ1n) is 3.30. The molecule has 0 amide bonds. The van der Waals surface area contributed by atoms with Gasteiger partial charge >= 0.3 is 0 Å². The van der Waals surface area contributed by atoms with Gasteiger partial charge in [-0.2, -0.15) is 0 Å². The van der Waals surface area contributed by atoms with Crippen LogP contribution < -0.4 is 0 Å². The Morgan fingerprint density at radius 1 is 1.44 bits per heavy atom. The van der Waals surface area contributed by atoms with Gasteiger partial charge in [-0.05, 0) is 19.8 Å². The van der Waals surface area contributed by atoms with Crippen LogP contribution in [0.5, 0.6) is 0 Å². The van der Waals surface area contributed by atoms with Gasteiger partial charge in [0.2, 0.25) is 0 Å². The van der Waals surface area contributed by atoms with Crippen LogP contribution >= 0.6 is 0 Å². The summed E-state index contributed by atoms with van der Waals surface area (Å²) in [6, 6.07) is 0. The molecule has 0 bridgehead atoms. The van der Waals surface area contributed by atoms with E-state index in [1.807, 2.05) is 19.1 Å². The first-order chi connectivity index (χ1) is 4.13. The average Bonchev–Trinajstić information content (AvgIpc) is 1.63. The lowest BCUT2D eigenvalue weighted by Crippen LogP contribution is -1.74. The molecular formula is C9H15. The molecular weight excluding hydrogens is 108 g/mol. The van der Waals surface area contributed by atoms with Crippen LogP contribution in [0.2, 0.25) is 0 Å². The van der Waals surface area contributed by atoms with Crippen LogP contribution in [-0.2, 0) is 0 Å². The Morgan fingerprint density at radius 3 is 2.33 bits per heavy atom. The van der Waals surface area contributed by atoms with Crippen molar-refractivity contribution in [3.63, 3.8) is 0 Å². The molecule has 1 radical (unpaired) electrons. The van der Waals surface area contributed by atoms with Gasteiger partial charge in [-0.15, -0.1) is 0 Å². The zero-order chi connectivity index (χ0) is 7.28. The first-order valence-corrected chi connectivity index (χ1v) is 3.30. The van der Waals surface area contributed by atoms with E-state index >= 15 is 0 Å². The molecule has 0 N–H and O–H groups in total. The molecule has 0 aliphatic heterocycles. The van der Waals surface area contributed by atoms with Crippen LogP contribution in [0.1, 0.15) is 20.8 Å². The molecule has 0 aromatic rings. The van der Waals surface area contributed by atoms with Crippen molar-refractivity contribution in [1.82, 2.24) is 0 Å². The zero-order valence-electron chi connectivity index (χ0n) is 6.52. The number of allylic oxidation sites excluding steroid dienone is 4. The van der Waals surface area contributed by atoms with Crippen molar-refractivity contribution < 1.29 is 0 Å². The van der Waals surface area contributed by atoms with Gasteiger partial charge in [-0.25, -0.2) is 0 Å². The number of rotatable bonds is 2. The summed E-state index contributed by atoms with van der Waals surface area (Å²) < 4.78 is 0. The maximum atomic E-state index is 3.75. The van der Waals surface area contributed by atoms with Gasteiger partial charge in [0.05, 0.1) is 0 Å². The first kappa shape index (κ1) is 8.48. The Kier molecular flexibility index (Phi) is 4.12. The second kappa shape index (κ2) is 4.37. The van der Waals surface area contributed by atoms with Crippen molar-refractivity contribution in [2.45, 2.75) is 20.8 Å². The summed E-state index contributed by atoms with van der Waals surface area (Å²) in [6.07, 6.45) is 6.21. The third-order valence-electron chi connectivity index (χ3n) is 0.877. The van der Waals surface area contributed by atoms with Gasteiger partial charge in [-0.1, -0.05) is 37.6 Å². The smallest absolute Gasteiger partial charge is 0.0283 e. The molecule has 0 unspecified atom stereocenters. The largest absolute Gasteiger partial charge is 0.0820 e. The molecule has 0 aromatic carbocycles. The molecule has 0 aliphatic rings. The molecule has 0 rings (SSSR count). The Morgan fingerprint density at radius 2 is 2.00 bits per heavy atom. The molecule has 0 nitrogen and oxygen atoms in total. The lowest BCUT2D eigenvalue weighted by Gasteiger charge is -1.89. The Hall–Kier alpha value is -0.520. The minimum absolute atomic E-state index is 0.639. The van der Waals surface area contributed by atoms with Crippen LogP contribution in [0.3, 0.4) is 0 Å². The quantitative estimate of drug-likeness (QED) is 0.495. The molecule has 0 heterocycles. The lowest BCUT2D eigenvalue weighted by molar-refractivity contribution is 0.832. The molecule has 0 aromatic heterocycles. The summed E-state index contributed by atoms with van der Waals surface area (Å²) in [4.78, 5) is 0. The summed E-state index contributed by atoms with van der Waals surface area (Å²) in [5.74, 6) is 0.639. The van der Waals surface area contributed by atoms with Gasteiger partial charge in [0, 0.05) is 0 Å². The minimum Gasteiger partial charge on any atom is -0.0820 e. The Labute approximate surface area is 58.3 Å². The standard InChI is InChI=1S/C9H15/c1-8(2)6-5-7-9(3)4/h5-7,9H,1H2,2-4H3/b7-5+,8-6-. The summed E-state index contributed by atoms with van der Waals surface area (Å²) in [7, 11) is 0. The third-order valence-corrected chi connectivity index (χ3v) is 0.877. The van der Waals surface area contributed by atoms with Crippen molar-refractivity contribution in [2.75, 3.05) is 0 Å². The van der Waals surface area contributed by atoms with Gasteiger partial charge in [-0.3, -0.25) is 0 Å². The van der Waals surface area contributed by atoms with E-state index in [1.165, 1.54) is 0 Å². The topological polar surface area (TPSA) is 0 Å². The predicted octanol–water partition coefficient (Wildman–Crippen LogP) is 2.98. The van der Waals surface area contributed by atoms with Crippen molar-refractivity contribution >= 4 is 0 Å². The van der Waals surface area contributed by atoms with E-state index in [4.69, 9.17) is 0 Å². The van der Waals surface area contributed by atoms with Gasteiger partial charge < -0.3 is 0 Å². The highest BCUT2D eigenvalue weighted by atomic mass is 13.9. The fraction of sp³-hybridized carbons (Fsp3) is 0.444. The molecule has 0 spiro atoms. The number of hydrogen-bond donors (Lipinski definition) is 0. The summed E-state index contributed by atoms with van der Waals surface area (Å²) in [5, 5.41) is 0. The molecule has 51 valence electrons. The molecule has 0 aliphatic carbocycles. The molecule has 0 fully saturated rings. The van der Waals surface area contributed by atoms with Crippen molar-refractivity contribution in [3.8, 4) is 0 Å². The molecule has 9 heavy (non-hydrogen) atoms. The molecule has 0 atom stereocenters. The highest BCUT2D eigenvalue weighted by molar-refractivity contribution is 5.12. The predicted molar refractivity (Wildman–Crippen MR) is 43.1 cm³/mol. The fourth-order valence-corrected chi connectivity index (χ4v) is 0.442. The maximum absolute atomic E-state index is 3.75. The van der Waals surface area contributed by atoms with E-state index in [1.54, 1.807) is 0 Å². The van der Waals surface area contributed by atoms with Crippen molar-refractivity contribution in [1.29, 1.82) is 0 Å². The zero-order valence-corrected chi connectivity index (χ0v) is 6.52. The van der Waals surface area contributed by atoms with Crippen molar-refractivity contribution in [2.24, 2.45) is 5.92 Å². The fourth-order valence-electron chi connectivity index (χ4n) is 0.442. The lowest BCUT2D eigenvalue weighted by atomic mass is 10.2. The third kappa shape index (κ3) is 7.48. The van der Waals surface area contributed by atoms with E-state index in [9.17, 15) is 0 Å². The number of hydrogen-bond acceptors (Lipinski definition) is 0. The molecule has 0 heteroatoms. The van der Waals surface area contributed by atoms with Crippen LogP contribution in [-0.4, -0.2) is 0 Å². The van der Waals surface area contributed by atoms with Crippen molar-refractivity contribution in [3.05, 3.63) is 30.7 Å². The van der Waals surface area contributed by atoms with Gasteiger partial charge in [0.1, 0.15) is 0 Å². The molecule has 0 saturated carbocycles. The van der Waals surface area contributed by atoms with E-state index in [2.05, 4.69) is 26.8 Å².